The minimum absolute atomic E-state index is 0.0115. The molecule has 31 heavy (non-hydrogen) atoms. The zero-order chi connectivity index (χ0) is 22.9. The molecule has 0 saturated carbocycles. The maximum Gasteiger partial charge on any atom is 0.316 e. The first-order chi connectivity index (χ1) is 14.5. The summed E-state index contributed by atoms with van der Waals surface area (Å²) in [4.78, 5) is 39.3. The van der Waals surface area contributed by atoms with Crippen LogP contribution in [-0.2, 0) is 19.1 Å². The first-order valence-corrected chi connectivity index (χ1v) is 11.7. The lowest BCUT2D eigenvalue weighted by Gasteiger charge is -2.44. The molecule has 0 radical (unpaired) electrons. The van der Waals surface area contributed by atoms with Gasteiger partial charge in [0, 0.05) is 5.92 Å². The molecule has 3 aliphatic rings. The quantitative estimate of drug-likeness (QED) is 0.208. The molecule has 2 aliphatic carbocycles. The Bertz CT molecular complexity index is 867. The van der Waals surface area contributed by atoms with Crippen LogP contribution in [0.3, 0.4) is 0 Å². The molecule has 168 valence electrons. The summed E-state index contributed by atoms with van der Waals surface area (Å²) in [6, 6.07) is 0. The van der Waals surface area contributed by atoms with Crippen LogP contribution in [0.5, 0.6) is 0 Å². The summed E-state index contributed by atoms with van der Waals surface area (Å²) in [5.41, 5.74) is 1.29. The standard InChI is InChI=1S/C25H30Cl2O4/c1-14-9-11-20-18(13-14)10-12-19-15(2)7-5-6-8-16(3)31-24(30)17(4)22(28)25(26,27)23(29)21(19)20/h5-10,12,15-21H,11,13H2,1-4H3/b7-5-,8-6+/t15-,16-,17-,18+,19-,20+,21+/m1/s1. The number of ether oxygens (including phenoxy) is 1. The number of ketones is 2. The first-order valence-electron chi connectivity index (χ1n) is 10.9. The average Bonchev–Trinajstić information content (AvgIpc) is 2.73. The second-order valence-electron chi connectivity index (χ2n) is 9.10. The number of carbonyl (C=O) groups is 3. The number of fused-ring (bicyclic) bond motifs is 3. The number of esters is 1. The molecule has 0 aromatic heterocycles. The number of alkyl halides is 2. The van der Waals surface area contributed by atoms with E-state index >= 15 is 0 Å². The van der Waals surface area contributed by atoms with Gasteiger partial charge in [0.1, 0.15) is 12.0 Å². The number of halogens is 2. The van der Waals surface area contributed by atoms with Gasteiger partial charge < -0.3 is 4.74 Å². The van der Waals surface area contributed by atoms with E-state index in [0.717, 1.165) is 12.8 Å². The first kappa shape index (κ1) is 24.0. The van der Waals surface area contributed by atoms with Gasteiger partial charge in [0.2, 0.25) is 4.33 Å². The third-order valence-corrected chi connectivity index (χ3v) is 7.53. The van der Waals surface area contributed by atoms with Crippen LogP contribution < -0.4 is 0 Å². The molecule has 1 heterocycles. The van der Waals surface area contributed by atoms with Gasteiger partial charge in [0.25, 0.3) is 0 Å². The van der Waals surface area contributed by atoms with E-state index in [2.05, 4.69) is 25.2 Å². The Kier molecular flexibility index (Phi) is 7.32. The Hall–Kier alpha value is -1.65. The lowest BCUT2D eigenvalue weighted by Crippen LogP contribution is -2.51. The Morgan fingerprint density at radius 3 is 2.35 bits per heavy atom. The third-order valence-electron chi connectivity index (χ3n) is 6.79. The summed E-state index contributed by atoms with van der Waals surface area (Å²) in [5, 5.41) is 0. The van der Waals surface area contributed by atoms with Crippen molar-refractivity contribution in [3.8, 4) is 0 Å². The largest absolute Gasteiger partial charge is 0.458 e. The molecule has 1 aliphatic heterocycles. The average molecular weight is 465 g/mol. The molecule has 0 amide bonds. The second kappa shape index (κ2) is 9.46. The van der Waals surface area contributed by atoms with Crippen molar-refractivity contribution >= 4 is 40.7 Å². The molecule has 4 nitrogen and oxygen atoms in total. The number of cyclic esters (lactones) is 1. The fraction of sp³-hybridized carbons (Fsp3) is 0.560. The molecule has 0 spiro atoms. The smallest absolute Gasteiger partial charge is 0.316 e. The van der Waals surface area contributed by atoms with Crippen LogP contribution in [0.2, 0.25) is 0 Å². The van der Waals surface area contributed by atoms with Crippen molar-refractivity contribution in [1.29, 1.82) is 0 Å². The molecular formula is C25H30Cl2O4. The number of allylic oxidation sites excluding steroid dienone is 7. The van der Waals surface area contributed by atoms with E-state index in [9.17, 15) is 14.4 Å². The van der Waals surface area contributed by atoms with E-state index in [1.165, 1.54) is 12.5 Å². The van der Waals surface area contributed by atoms with Crippen LogP contribution in [0.15, 0.2) is 48.1 Å². The molecule has 0 bridgehead atoms. The van der Waals surface area contributed by atoms with Crippen LogP contribution in [0.25, 0.3) is 0 Å². The zero-order valence-corrected chi connectivity index (χ0v) is 19.9. The summed E-state index contributed by atoms with van der Waals surface area (Å²) >= 11 is 12.9. The Morgan fingerprint density at radius 1 is 0.968 bits per heavy atom. The predicted octanol–water partition coefficient (Wildman–Crippen LogP) is 5.40. The van der Waals surface area contributed by atoms with Gasteiger partial charge in [-0.05, 0) is 63.4 Å². The SMILES string of the molecule is CC1=CC[C@@H]2[C@H]3C(=O)C(Cl)(Cl)C(=O)[C@@H](C)C(=O)O[C@H](C)/C=C/C=C\[C@@H](C)[C@H]3C=C[C@H]2C1. The maximum atomic E-state index is 13.8. The highest BCUT2D eigenvalue weighted by Gasteiger charge is 2.54. The van der Waals surface area contributed by atoms with E-state index in [1.807, 2.05) is 25.2 Å². The van der Waals surface area contributed by atoms with E-state index in [-0.39, 0.29) is 23.7 Å². The van der Waals surface area contributed by atoms with Gasteiger partial charge in [-0.1, -0.05) is 72.2 Å². The minimum Gasteiger partial charge on any atom is -0.458 e. The molecule has 0 N–H and O–H groups in total. The van der Waals surface area contributed by atoms with E-state index in [0.29, 0.717) is 0 Å². The van der Waals surface area contributed by atoms with Crippen molar-refractivity contribution in [2.24, 2.45) is 35.5 Å². The summed E-state index contributed by atoms with van der Waals surface area (Å²) in [7, 11) is 0. The van der Waals surface area contributed by atoms with E-state index in [4.69, 9.17) is 27.9 Å². The Morgan fingerprint density at radius 2 is 1.65 bits per heavy atom. The van der Waals surface area contributed by atoms with Crippen LogP contribution in [0.4, 0.5) is 0 Å². The maximum absolute atomic E-state index is 13.8. The number of Topliss-reactive ketones (excluding diaryl/α,β-unsaturated/α-hetero) is 2. The molecule has 0 saturated heterocycles. The normalized spacial score (nSPS) is 40.6. The van der Waals surface area contributed by atoms with Crippen molar-refractivity contribution in [1.82, 2.24) is 0 Å². The van der Waals surface area contributed by atoms with Crippen LogP contribution in [0, 0.1) is 35.5 Å². The molecule has 0 aromatic rings. The van der Waals surface area contributed by atoms with Crippen molar-refractivity contribution in [2.45, 2.75) is 51.0 Å². The number of hydrogen-bond donors (Lipinski definition) is 0. The van der Waals surface area contributed by atoms with Crippen molar-refractivity contribution in [3.63, 3.8) is 0 Å². The van der Waals surface area contributed by atoms with Gasteiger partial charge in [-0.15, -0.1) is 0 Å². The lowest BCUT2D eigenvalue weighted by molar-refractivity contribution is -0.154. The summed E-state index contributed by atoms with van der Waals surface area (Å²) in [6.07, 6.45) is 15.0. The topological polar surface area (TPSA) is 60.4 Å². The monoisotopic (exact) mass is 464 g/mol. The molecule has 3 rings (SSSR count). The molecule has 0 fully saturated rings. The van der Waals surface area contributed by atoms with Gasteiger partial charge in [0.05, 0.1) is 0 Å². The Labute approximate surface area is 194 Å². The minimum atomic E-state index is -2.31. The fourth-order valence-electron chi connectivity index (χ4n) is 4.91. The van der Waals surface area contributed by atoms with Gasteiger partial charge in [-0.25, -0.2) is 0 Å². The van der Waals surface area contributed by atoms with E-state index in [1.54, 1.807) is 13.0 Å². The predicted molar refractivity (Wildman–Crippen MR) is 123 cm³/mol. The van der Waals surface area contributed by atoms with Crippen LogP contribution >= 0.6 is 23.2 Å². The van der Waals surface area contributed by atoms with Gasteiger partial charge in [0.15, 0.2) is 11.6 Å². The summed E-state index contributed by atoms with van der Waals surface area (Å²) < 4.78 is 3.00. The fourth-order valence-corrected chi connectivity index (χ4v) is 5.49. The number of rotatable bonds is 0. The molecule has 0 unspecified atom stereocenters. The van der Waals surface area contributed by atoms with Crippen LogP contribution in [0.1, 0.15) is 40.5 Å². The number of hydrogen-bond acceptors (Lipinski definition) is 4. The van der Waals surface area contributed by atoms with Gasteiger partial charge >= 0.3 is 5.97 Å². The molecular weight excluding hydrogens is 435 g/mol. The number of carbonyl (C=O) groups excluding carboxylic acids is 3. The van der Waals surface area contributed by atoms with Crippen molar-refractivity contribution < 1.29 is 19.1 Å². The summed E-state index contributed by atoms with van der Waals surface area (Å²) in [5.74, 6) is -3.75. The molecule has 0 aromatic carbocycles. The highest BCUT2D eigenvalue weighted by Crippen LogP contribution is 2.48. The van der Waals surface area contributed by atoms with Gasteiger partial charge in [-0.2, -0.15) is 0 Å². The van der Waals surface area contributed by atoms with Gasteiger partial charge in [-0.3, -0.25) is 14.4 Å². The molecule has 6 heteroatoms. The van der Waals surface area contributed by atoms with Crippen LogP contribution in [-0.4, -0.2) is 28.0 Å². The second-order valence-corrected chi connectivity index (χ2v) is 10.4. The third kappa shape index (κ3) is 4.90. The zero-order valence-electron chi connectivity index (χ0n) is 18.4. The highest BCUT2D eigenvalue weighted by atomic mass is 35.5. The van der Waals surface area contributed by atoms with Crippen molar-refractivity contribution in [3.05, 3.63) is 48.1 Å². The summed E-state index contributed by atoms with van der Waals surface area (Å²) in [6.45, 7) is 7.23. The van der Waals surface area contributed by atoms with E-state index < -0.39 is 39.8 Å². The highest BCUT2D eigenvalue weighted by molar-refractivity contribution is 6.68. The Balaban J connectivity index is 2.07. The molecule has 7 atom stereocenters. The lowest BCUT2D eigenvalue weighted by atomic mass is 9.61. The van der Waals surface area contributed by atoms with Crippen molar-refractivity contribution in [2.75, 3.05) is 0 Å².